The van der Waals surface area contributed by atoms with E-state index in [1.54, 1.807) is 12.3 Å². The third-order valence-corrected chi connectivity index (χ3v) is 3.83. The molecule has 23 heavy (non-hydrogen) atoms. The Balaban J connectivity index is 1.81. The van der Waals surface area contributed by atoms with Gasteiger partial charge in [0.2, 0.25) is 5.92 Å². The minimum absolute atomic E-state index is 0.0803. The zero-order chi connectivity index (χ0) is 16.4. The maximum atomic E-state index is 13.2. The summed E-state index contributed by atoms with van der Waals surface area (Å²) < 4.78 is 27.9. The zero-order valence-corrected chi connectivity index (χ0v) is 12.6. The summed E-state index contributed by atoms with van der Waals surface area (Å²) in [5.74, 6) is -1.84. The lowest BCUT2D eigenvalue weighted by Gasteiger charge is -2.29. The maximum absolute atomic E-state index is 13.2. The molecule has 0 amide bonds. The molecule has 3 rings (SSSR count). The van der Waals surface area contributed by atoms with Crippen LogP contribution >= 0.6 is 0 Å². The molecule has 1 aliphatic rings. The van der Waals surface area contributed by atoms with E-state index in [0.717, 1.165) is 5.69 Å². The predicted molar refractivity (Wildman–Crippen MR) is 79.4 cm³/mol. The van der Waals surface area contributed by atoms with Crippen LogP contribution < -0.4 is 5.32 Å². The van der Waals surface area contributed by atoms with Crippen LogP contribution in [0.1, 0.15) is 37.1 Å². The van der Waals surface area contributed by atoms with Gasteiger partial charge in [-0.2, -0.15) is 15.3 Å². The second kappa shape index (κ2) is 5.91. The average Bonchev–Trinajstić information content (AvgIpc) is 2.96. The SMILES string of the molecule is Cc1ccn(-c2nc(C#N)cc(NC3CCC(F)(F)CC3)n2)n1. The van der Waals surface area contributed by atoms with Crippen molar-refractivity contribution in [2.24, 2.45) is 0 Å². The van der Waals surface area contributed by atoms with Crippen LogP contribution in [0.3, 0.4) is 0 Å². The highest BCUT2D eigenvalue weighted by atomic mass is 19.3. The Kier molecular flexibility index (Phi) is 3.94. The molecule has 0 bridgehead atoms. The Morgan fingerprint density at radius 2 is 2.09 bits per heavy atom. The number of nitrogens with zero attached hydrogens (tertiary/aromatic N) is 5. The molecule has 0 spiro atoms. The standard InChI is InChI=1S/C15H16F2N6/c1-10-4-7-23(22-10)14-20-12(9-18)8-13(21-14)19-11-2-5-15(16,17)6-3-11/h4,7-8,11H,2-3,5-6H2,1H3,(H,19,20,21). The van der Waals surface area contributed by atoms with Crippen molar-refractivity contribution in [1.82, 2.24) is 19.7 Å². The topological polar surface area (TPSA) is 79.4 Å². The molecule has 1 aliphatic carbocycles. The lowest BCUT2D eigenvalue weighted by Crippen LogP contribution is -2.32. The number of alkyl halides is 2. The zero-order valence-electron chi connectivity index (χ0n) is 12.6. The van der Waals surface area contributed by atoms with Crippen LogP contribution in [-0.2, 0) is 0 Å². The van der Waals surface area contributed by atoms with Crippen LogP contribution in [0.2, 0.25) is 0 Å². The van der Waals surface area contributed by atoms with E-state index in [4.69, 9.17) is 5.26 Å². The van der Waals surface area contributed by atoms with Gasteiger partial charge in [-0.05, 0) is 25.8 Å². The summed E-state index contributed by atoms with van der Waals surface area (Å²) in [5, 5.41) is 16.5. The summed E-state index contributed by atoms with van der Waals surface area (Å²) in [4.78, 5) is 8.45. The third-order valence-electron chi connectivity index (χ3n) is 3.83. The molecule has 6 nitrogen and oxygen atoms in total. The van der Waals surface area contributed by atoms with Gasteiger partial charge >= 0.3 is 0 Å². The smallest absolute Gasteiger partial charge is 0.253 e. The van der Waals surface area contributed by atoms with Gasteiger partial charge in [-0.1, -0.05) is 0 Å². The number of rotatable bonds is 3. The number of aryl methyl sites for hydroxylation is 1. The molecule has 2 aromatic rings. The summed E-state index contributed by atoms with van der Waals surface area (Å²) in [5.41, 5.74) is 1.01. The molecule has 0 aliphatic heterocycles. The van der Waals surface area contributed by atoms with E-state index in [1.807, 2.05) is 13.0 Å². The first-order valence-electron chi connectivity index (χ1n) is 7.41. The first-order valence-corrected chi connectivity index (χ1v) is 7.41. The van der Waals surface area contributed by atoms with E-state index < -0.39 is 5.92 Å². The molecule has 2 heterocycles. The minimum atomic E-state index is -2.57. The monoisotopic (exact) mass is 318 g/mol. The van der Waals surface area contributed by atoms with Crippen LogP contribution in [0.15, 0.2) is 18.3 Å². The van der Waals surface area contributed by atoms with Gasteiger partial charge in [0.05, 0.1) is 5.69 Å². The lowest BCUT2D eigenvalue weighted by molar-refractivity contribution is -0.0361. The Morgan fingerprint density at radius 1 is 1.35 bits per heavy atom. The van der Waals surface area contributed by atoms with Gasteiger partial charge < -0.3 is 5.32 Å². The second-order valence-electron chi connectivity index (χ2n) is 5.73. The van der Waals surface area contributed by atoms with Crippen molar-refractivity contribution in [2.45, 2.75) is 44.6 Å². The molecule has 0 atom stereocenters. The van der Waals surface area contributed by atoms with Crippen molar-refractivity contribution >= 4 is 5.82 Å². The largest absolute Gasteiger partial charge is 0.367 e. The number of nitriles is 1. The quantitative estimate of drug-likeness (QED) is 0.941. The normalized spacial score (nSPS) is 17.7. The number of halogens is 2. The van der Waals surface area contributed by atoms with Gasteiger partial charge in [0.15, 0.2) is 0 Å². The average molecular weight is 318 g/mol. The number of aromatic nitrogens is 4. The van der Waals surface area contributed by atoms with Crippen LogP contribution in [0.4, 0.5) is 14.6 Å². The Labute approximate surface area is 132 Å². The first-order chi connectivity index (χ1) is 10.9. The summed E-state index contributed by atoms with van der Waals surface area (Å²) in [6.45, 7) is 1.84. The molecule has 0 saturated heterocycles. The van der Waals surface area contributed by atoms with E-state index >= 15 is 0 Å². The van der Waals surface area contributed by atoms with Crippen LogP contribution in [0, 0.1) is 18.3 Å². The molecule has 0 aromatic carbocycles. The molecular formula is C15H16F2N6. The van der Waals surface area contributed by atoms with E-state index in [0.29, 0.717) is 18.7 Å². The van der Waals surface area contributed by atoms with E-state index in [9.17, 15) is 8.78 Å². The highest BCUT2D eigenvalue weighted by Gasteiger charge is 2.35. The van der Waals surface area contributed by atoms with E-state index in [2.05, 4.69) is 20.4 Å². The minimum Gasteiger partial charge on any atom is -0.367 e. The number of anilines is 1. The van der Waals surface area contributed by atoms with Gasteiger partial charge in [0.25, 0.3) is 5.95 Å². The van der Waals surface area contributed by atoms with Crippen molar-refractivity contribution < 1.29 is 8.78 Å². The van der Waals surface area contributed by atoms with Gasteiger partial charge in [-0.3, -0.25) is 0 Å². The van der Waals surface area contributed by atoms with Gasteiger partial charge in [0.1, 0.15) is 17.6 Å². The van der Waals surface area contributed by atoms with Crippen LogP contribution in [0.25, 0.3) is 5.95 Å². The first kappa shape index (κ1) is 15.3. The highest BCUT2D eigenvalue weighted by Crippen LogP contribution is 2.34. The predicted octanol–water partition coefficient (Wildman–Crippen LogP) is 2.83. The second-order valence-corrected chi connectivity index (χ2v) is 5.73. The fourth-order valence-electron chi connectivity index (χ4n) is 2.59. The van der Waals surface area contributed by atoms with Crippen molar-refractivity contribution in [1.29, 1.82) is 5.26 Å². The fourth-order valence-corrected chi connectivity index (χ4v) is 2.59. The van der Waals surface area contributed by atoms with Crippen molar-refractivity contribution in [3.63, 3.8) is 0 Å². The van der Waals surface area contributed by atoms with Crippen molar-refractivity contribution in [3.8, 4) is 12.0 Å². The van der Waals surface area contributed by atoms with Crippen molar-refractivity contribution in [2.75, 3.05) is 5.32 Å². The Bertz CT molecular complexity index is 739. The molecule has 8 heteroatoms. The highest BCUT2D eigenvalue weighted by molar-refractivity contribution is 5.43. The number of hydrogen-bond acceptors (Lipinski definition) is 5. The van der Waals surface area contributed by atoms with Gasteiger partial charge in [-0.25, -0.2) is 18.4 Å². The van der Waals surface area contributed by atoms with Gasteiger partial charge in [-0.15, -0.1) is 0 Å². The summed E-state index contributed by atoms with van der Waals surface area (Å²) in [7, 11) is 0. The molecule has 1 N–H and O–H groups in total. The molecular weight excluding hydrogens is 302 g/mol. The fraction of sp³-hybridized carbons (Fsp3) is 0.467. The number of hydrogen-bond donors (Lipinski definition) is 1. The lowest BCUT2D eigenvalue weighted by atomic mass is 9.92. The molecule has 1 fully saturated rings. The van der Waals surface area contributed by atoms with Gasteiger partial charge in [0, 0.05) is 31.1 Å². The molecule has 0 radical (unpaired) electrons. The summed E-state index contributed by atoms with van der Waals surface area (Å²) >= 11 is 0. The van der Waals surface area contributed by atoms with Crippen LogP contribution in [0.5, 0.6) is 0 Å². The Hall–Kier alpha value is -2.56. The molecule has 0 unspecified atom stereocenters. The summed E-state index contributed by atoms with van der Waals surface area (Å²) in [6.07, 6.45) is 2.18. The van der Waals surface area contributed by atoms with E-state index in [-0.39, 0.29) is 30.5 Å². The van der Waals surface area contributed by atoms with E-state index in [1.165, 1.54) is 10.7 Å². The third kappa shape index (κ3) is 3.62. The molecule has 120 valence electrons. The molecule has 1 saturated carbocycles. The number of nitrogens with one attached hydrogen (secondary N) is 1. The Morgan fingerprint density at radius 3 is 2.70 bits per heavy atom. The van der Waals surface area contributed by atoms with Crippen molar-refractivity contribution in [3.05, 3.63) is 29.7 Å². The maximum Gasteiger partial charge on any atom is 0.253 e. The molecule has 2 aromatic heterocycles. The van der Waals surface area contributed by atoms with Crippen LogP contribution in [-0.4, -0.2) is 31.7 Å². The summed E-state index contributed by atoms with van der Waals surface area (Å²) in [6, 6.07) is 5.23.